The van der Waals surface area contributed by atoms with Crippen LogP contribution in [0.5, 0.6) is 0 Å². The van der Waals surface area contributed by atoms with Crippen LogP contribution in [0.1, 0.15) is 17.2 Å². The molecule has 0 bridgehead atoms. The van der Waals surface area contributed by atoms with E-state index in [0.29, 0.717) is 6.42 Å². The summed E-state index contributed by atoms with van der Waals surface area (Å²) in [6.45, 7) is 0. The number of hydrogen-bond donors (Lipinski definition) is 3. The molecule has 0 fully saturated rings. The van der Waals surface area contributed by atoms with E-state index in [1.54, 1.807) is 6.07 Å². The molecule has 1 aliphatic rings. The summed E-state index contributed by atoms with van der Waals surface area (Å²) in [5.74, 6) is 0. The van der Waals surface area contributed by atoms with Crippen LogP contribution < -0.4 is 10.5 Å². The molecule has 24 heavy (non-hydrogen) atoms. The van der Waals surface area contributed by atoms with Gasteiger partial charge in [0.05, 0.1) is 17.1 Å². The predicted octanol–water partition coefficient (Wildman–Crippen LogP) is 1.31. The second-order valence-corrected chi connectivity index (χ2v) is 7.08. The SMILES string of the molecule is NS(=O)(=O)c1cccc(NC2c3ccccc3CC2O)c1[N+](=O)[O-]. The molecule has 4 N–H and O–H groups in total. The van der Waals surface area contributed by atoms with Crippen molar-refractivity contribution < 1.29 is 18.4 Å². The molecule has 2 atom stereocenters. The Morgan fingerprint density at radius 3 is 2.58 bits per heavy atom. The Bertz CT molecular complexity index is 913. The number of fused-ring (bicyclic) bond motifs is 1. The first kappa shape index (κ1) is 16.4. The van der Waals surface area contributed by atoms with Crippen molar-refractivity contribution in [1.29, 1.82) is 0 Å². The maximum absolute atomic E-state index is 11.6. The first-order valence-electron chi connectivity index (χ1n) is 7.11. The van der Waals surface area contributed by atoms with Gasteiger partial charge in [0.15, 0.2) is 4.90 Å². The lowest BCUT2D eigenvalue weighted by atomic mass is 10.1. The highest BCUT2D eigenvalue weighted by Gasteiger charge is 2.34. The highest BCUT2D eigenvalue weighted by molar-refractivity contribution is 7.89. The highest BCUT2D eigenvalue weighted by atomic mass is 32.2. The lowest BCUT2D eigenvalue weighted by Crippen LogP contribution is -2.22. The summed E-state index contributed by atoms with van der Waals surface area (Å²) in [6.07, 6.45) is -0.364. The number of primary sulfonamides is 1. The topological polar surface area (TPSA) is 136 Å². The van der Waals surface area contributed by atoms with Crippen LogP contribution >= 0.6 is 0 Å². The van der Waals surface area contributed by atoms with E-state index in [4.69, 9.17) is 5.14 Å². The van der Waals surface area contributed by atoms with Crippen LogP contribution in [0, 0.1) is 10.1 Å². The molecule has 0 aliphatic heterocycles. The van der Waals surface area contributed by atoms with Gasteiger partial charge in [-0.15, -0.1) is 0 Å². The first-order valence-corrected chi connectivity index (χ1v) is 8.66. The summed E-state index contributed by atoms with van der Waals surface area (Å²) >= 11 is 0. The average Bonchev–Trinajstić information content (AvgIpc) is 2.82. The van der Waals surface area contributed by atoms with Gasteiger partial charge in [0.2, 0.25) is 10.0 Å². The molecule has 2 aromatic carbocycles. The van der Waals surface area contributed by atoms with E-state index in [2.05, 4.69) is 5.32 Å². The number of nitro benzene ring substituents is 1. The normalized spacial score (nSPS) is 19.8. The Morgan fingerprint density at radius 2 is 1.92 bits per heavy atom. The average molecular weight is 349 g/mol. The zero-order chi connectivity index (χ0) is 17.5. The fraction of sp³-hybridized carbons (Fsp3) is 0.200. The third-order valence-corrected chi connectivity index (χ3v) is 4.95. The second-order valence-electron chi connectivity index (χ2n) is 5.55. The second kappa shape index (κ2) is 5.86. The van der Waals surface area contributed by atoms with Crippen LogP contribution in [-0.2, 0) is 16.4 Å². The minimum atomic E-state index is -4.25. The van der Waals surface area contributed by atoms with Crippen molar-refractivity contribution in [3.63, 3.8) is 0 Å². The van der Waals surface area contributed by atoms with Crippen molar-refractivity contribution in [3.8, 4) is 0 Å². The zero-order valence-corrected chi connectivity index (χ0v) is 13.2. The van der Waals surface area contributed by atoms with Crippen molar-refractivity contribution >= 4 is 21.4 Å². The molecule has 0 radical (unpaired) electrons. The van der Waals surface area contributed by atoms with Gasteiger partial charge in [0.25, 0.3) is 0 Å². The fourth-order valence-electron chi connectivity index (χ4n) is 2.97. The molecule has 0 heterocycles. The Balaban J connectivity index is 2.07. The summed E-state index contributed by atoms with van der Waals surface area (Å²) in [4.78, 5) is 10.0. The van der Waals surface area contributed by atoms with Gasteiger partial charge in [0, 0.05) is 6.42 Å². The van der Waals surface area contributed by atoms with Gasteiger partial charge in [-0.1, -0.05) is 30.3 Å². The molecular formula is C15H15N3O5S. The van der Waals surface area contributed by atoms with Gasteiger partial charge in [-0.3, -0.25) is 10.1 Å². The maximum Gasteiger partial charge on any atom is 0.312 e. The molecule has 0 saturated carbocycles. The number of nitrogens with zero attached hydrogens (tertiary/aromatic N) is 1. The minimum absolute atomic E-state index is 0.00715. The lowest BCUT2D eigenvalue weighted by Gasteiger charge is -2.19. The molecular weight excluding hydrogens is 334 g/mol. The Labute approximate surface area is 138 Å². The number of benzene rings is 2. The van der Waals surface area contributed by atoms with Gasteiger partial charge in [-0.2, -0.15) is 0 Å². The van der Waals surface area contributed by atoms with Crippen molar-refractivity contribution in [2.45, 2.75) is 23.5 Å². The summed E-state index contributed by atoms with van der Waals surface area (Å²) in [5.41, 5.74) is 1.12. The van der Waals surface area contributed by atoms with E-state index in [-0.39, 0.29) is 5.69 Å². The summed E-state index contributed by atoms with van der Waals surface area (Å²) in [5, 5.41) is 29.6. The molecule has 0 amide bonds. The molecule has 2 aromatic rings. The van der Waals surface area contributed by atoms with Crippen LogP contribution in [0.4, 0.5) is 11.4 Å². The van der Waals surface area contributed by atoms with Crippen LogP contribution in [0.3, 0.4) is 0 Å². The van der Waals surface area contributed by atoms with Gasteiger partial charge in [-0.25, -0.2) is 13.6 Å². The molecule has 9 heteroatoms. The van der Waals surface area contributed by atoms with E-state index in [9.17, 15) is 23.6 Å². The maximum atomic E-state index is 11.6. The first-order chi connectivity index (χ1) is 11.3. The number of nitrogens with two attached hydrogens (primary N) is 1. The summed E-state index contributed by atoms with van der Waals surface area (Å²) in [6, 6.07) is 10.6. The fourth-order valence-corrected chi connectivity index (χ4v) is 3.69. The zero-order valence-electron chi connectivity index (χ0n) is 12.4. The number of sulfonamides is 1. The Morgan fingerprint density at radius 1 is 1.21 bits per heavy atom. The highest BCUT2D eigenvalue weighted by Crippen LogP contribution is 2.38. The molecule has 0 saturated heterocycles. The molecule has 0 spiro atoms. The van der Waals surface area contributed by atoms with E-state index < -0.39 is 37.7 Å². The van der Waals surface area contributed by atoms with Crippen LogP contribution in [0.2, 0.25) is 0 Å². The van der Waals surface area contributed by atoms with Crippen molar-refractivity contribution in [1.82, 2.24) is 0 Å². The smallest absolute Gasteiger partial charge is 0.312 e. The molecule has 8 nitrogen and oxygen atoms in total. The van der Waals surface area contributed by atoms with E-state index in [1.807, 2.05) is 18.2 Å². The number of nitrogens with one attached hydrogen (secondary N) is 1. The van der Waals surface area contributed by atoms with Gasteiger partial charge < -0.3 is 10.4 Å². The molecule has 1 aliphatic carbocycles. The quantitative estimate of drug-likeness (QED) is 0.562. The number of aliphatic hydroxyl groups excluding tert-OH is 1. The molecule has 3 rings (SSSR count). The Hall–Kier alpha value is -2.49. The monoisotopic (exact) mass is 349 g/mol. The number of nitro groups is 1. The van der Waals surface area contributed by atoms with Crippen LogP contribution in [0.15, 0.2) is 47.4 Å². The number of para-hydroxylation sites is 1. The minimum Gasteiger partial charge on any atom is -0.390 e. The predicted molar refractivity (Wildman–Crippen MR) is 87.0 cm³/mol. The van der Waals surface area contributed by atoms with Gasteiger partial charge in [0.1, 0.15) is 5.69 Å². The van der Waals surface area contributed by atoms with E-state index >= 15 is 0 Å². The van der Waals surface area contributed by atoms with Crippen molar-refractivity contribution in [3.05, 3.63) is 63.7 Å². The van der Waals surface area contributed by atoms with E-state index in [0.717, 1.165) is 17.2 Å². The number of aliphatic hydroxyl groups is 1. The molecule has 2 unspecified atom stereocenters. The van der Waals surface area contributed by atoms with Crippen LogP contribution in [-0.4, -0.2) is 24.6 Å². The lowest BCUT2D eigenvalue weighted by molar-refractivity contribution is -0.386. The van der Waals surface area contributed by atoms with Gasteiger partial charge >= 0.3 is 5.69 Å². The van der Waals surface area contributed by atoms with Crippen molar-refractivity contribution in [2.24, 2.45) is 5.14 Å². The third-order valence-electron chi connectivity index (χ3n) is 4.00. The molecule has 0 aromatic heterocycles. The Kier molecular flexibility index (Phi) is 3.99. The van der Waals surface area contributed by atoms with Crippen molar-refractivity contribution in [2.75, 3.05) is 5.32 Å². The third kappa shape index (κ3) is 2.84. The molecule has 126 valence electrons. The number of rotatable bonds is 4. The number of hydrogen-bond acceptors (Lipinski definition) is 6. The summed E-state index contributed by atoms with van der Waals surface area (Å²) in [7, 11) is -4.25. The number of anilines is 1. The van der Waals surface area contributed by atoms with Gasteiger partial charge in [-0.05, 0) is 23.3 Å². The summed E-state index contributed by atoms with van der Waals surface area (Å²) < 4.78 is 23.2. The van der Waals surface area contributed by atoms with E-state index in [1.165, 1.54) is 12.1 Å². The largest absolute Gasteiger partial charge is 0.390 e. The standard InChI is InChI=1S/C15H15N3O5S/c16-24(22,23)13-7-3-6-11(15(13)18(20)21)17-14-10-5-2-1-4-9(10)8-12(14)19/h1-7,12,14,17,19H,8H2,(H2,16,22,23). The van der Waals surface area contributed by atoms with Crippen LogP contribution in [0.25, 0.3) is 0 Å².